The highest BCUT2D eigenvalue weighted by Crippen LogP contribution is 2.27. The summed E-state index contributed by atoms with van der Waals surface area (Å²) in [6.07, 6.45) is -0.617. The predicted molar refractivity (Wildman–Crippen MR) is 48.1 cm³/mol. The summed E-state index contributed by atoms with van der Waals surface area (Å²) in [5, 5.41) is 35.5. The first-order valence-corrected chi connectivity index (χ1v) is 3.91. The molecule has 80 valence electrons. The number of benzene rings is 1. The van der Waals surface area contributed by atoms with E-state index in [4.69, 9.17) is 15.3 Å². The minimum Gasteiger partial charge on any atom is -0.508 e. The van der Waals surface area contributed by atoms with Gasteiger partial charge in [-0.15, -0.1) is 0 Å². The monoisotopic (exact) mass is 212 g/mol. The fraction of sp³-hybridized carbons (Fsp3) is 0.111. The number of hydrogen-bond acceptors (Lipinski definition) is 4. The number of aromatic hydroxyl groups is 2. The maximum atomic E-state index is 10.7. The van der Waals surface area contributed by atoms with Crippen LogP contribution in [0.5, 0.6) is 11.5 Å². The summed E-state index contributed by atoms with van der Waals surface area (Å²) in [5.74, 6) is -3.65. The Morgan fingerprint density at radius 1 is 1.13 bits per heavy atom. The number of aromatic carboxylic acids is 1. The van der Waals surface area contributed by atoms with Crippen LogP contribution in [0.15, 0.2) is 12.1 Å². The lowest BCUT2D eigenvalue weighted by atomic mass is 10.0. The standard InChI is InChI=1S/C9H8O6/c10-4-1-6(9(14)15)5(3-8(12)13)7(11)2-4/h1-2,10-11H,3H2,(H,12,13)(H,14,15). The third-order valence-electron chi connectivity index (χ3n) is 1.77. The van der Waals surface area contributed by atoms with Gasteiger partial charge in [0.25, 0.3) is 0 Å². The molecule has 0 bridgehead atoms. The molecule has 0 unspecified atom stereocenters. The van der Waals surface area contributed by atoms with Gasteiger partial charge in [-0.3, -0.25) is 4.79 Å². The number of carbonyl (C=O) groups is 2. The molecule has 0 aliphatic heterocycles. The number of rotatable bonds is 3. The Labute approximate surface area is 84.0 Å². The Morgan fingerprint density at radius 3 is 2.20 bits per heavy atom. The van der Waals surface area contributed by atoms with Crippen molar-refractivity contribution in [3.63, 3.8) is 0 Å². The van der Waals surface area contributed by atoms with E-state index < -0.39 is 35.4 Å². The number of carboxylic acids is 2. The Balaban J connectivity index is 3.33. The molecule has 0 heterocycles. The summed E-state index contributed by atoms with van der Waals surface area (Å²) in [5.41, 5.74) is -0.650. The average Bonchev–Trinajstić information content (AvgIpc) is 2.08. The Hall–Kier alpha value is -2.24. The second-order valence-electron chi connectivity index (χ2n) is 2.87. The molecule has 4 N–H and O–H groups in total. The van der Waals surface area contributed by atoms with E-state index in [1.54, 1.807) is 0 Å². The second-order valence-corrected chi connectivity index (χ2v) is 2.87. The summed E-state index contributed by atoms with van der Waals surface area (Å²) in [6.45, 7) is 0. The number of aliphatic carboxylic acids is 1. The molecule has 0 spiro atoms. The zero-order chi connectivity index (χ0) is 11.6. The lowest BCUT2D eigenvalue weighted by molar-refractivity contribution is -0.136. The fourth-order valence-electron chi connectivity index (χ4n) is 1.17. The van der Waals surface area contributed by atoms with Crippen LogP contribution >= 0.6 is 0 Å². The van der Waals surface area contributed by atoms with E-state index in [-0.39, 0.29) is 5.56 Å². The summed E-state index contributed by atoms with van der Waals surface area (Å²) in [4.78, 5) is 21.1. The topological polar surface area (TPSA) is 115 Å². The normalized spacial score (nSPS) is 9.87. The molecule has 1 aromatic carbocycles. The molecular formula is C9H8O6. The number of phenols is 2. The van der Waals surface area contributed by atoms with Crippen molar-refractivity contribution < 1.29 is 30.0 Å². The third-order valence-corrected chi connectivity index (χ3v) is 1.77. The van der Waals surface area contributed by atoms with Gasteiger partial charge in [0, 0.05) is 11.6 Å². The van der Waals surface area contributed by atoms with Crippen molar-refractivity contribution in [3.05, 3.63) is 23.3 Å². The van der Waals surface area contributed by atoms with Gasteiger partial charge in [-0.1, -0.05) is 0 Å². The highest BCUT2D eigenvalue weighted by molar-refractivity contribution is 5.92. The molecule has 0 aliphatic carbocycles. The minimum atomic E-state index is -1.41. The Morgan fingerprint density at radius 2 is 1.73 bits per heavy atom. The fourth-order valence-corrected chi connectivity index (χ4v) is 1.17. The van der Waals surface area contributed by atoms with Crippen molar-refractivity contribution in [1.29, 1.82) is 0 Å². The first-order chi connectivity index (χ1) is 6.91. The Bertz CT molecular complexity index is 423. The van der Waals surface area contributed by atoms with E-state index in [2.05, 4.69) is 0 Å². The van der Waals surface area contributed by atoms with Gasteiger partial charge in [0.2, 0.25) is 0 Å². The van der Waals surface area contributed by atoms with E-state index >= 15 is 0 Å². The van der Waals surface area contributed by atoms with Gasteiger partial charge in [0.15, 0.2) is 0 Å². The lowest BCUT2D eigenvalue weighted by Crippen LogP contribution is -2.08. The van der Waals surface area contributed by atoms with Crippen molar-refractivity contribution in [2.75, 3.05) is 0 Å². The smallest absolute Gasteiger partial charge is 0.336 e. The van der Waals surface area contributed by atoms with Crippen LogP contribution in [0.25, 0.3) is 0 Å². The van der Waals surface area contributed by atoms with E-state index in [1.807, 2.05) is 0 Å². The molecule has 15 heavy (non-hydrogen) atoms. The molecule has 0 aromatic heterocycles. The maximum Gasteiger partial charge on any atom is 0.336 e. The first-order valence-electron chi connectivity index (χ1n) is 3.91. The molecule has 0 atom stereocenters. The predicted octanol–water partition coefficient (Wildman–Crippen LogP) is 0.423. The summed E-state index contributed by atoms with van der Waals surface area (Å²) in [7, 11) is 0. The van der Waals surface area contributed by atoms with Gasteiger partial charge in [-0.05, 0) is 6.07 Å². The van der Waals surface area contributed by atoms with Gasteiger partial charge in [0.1, 0.15) is 11.5 Å². The average molecular weight is 212 g/mol. The van der Waals surface area contributed by atoms with Crippen LogP contribution in [0.1, 0.15) is 15.9 Å². The molecule has 0 radical (unpaired) electrons. The van der Waals surface area contributed by atoms with Gasteiger partial charge in [-0.25, -0.2) is 4.79 Å². The highest BCUT2D eigenvalue weighted by Gasteiger charge is 2.18. The molecular weight excluding hydrogens is 204 g/mol. The van der Waals surface area contributed by atoms with E-state index in [0.29, 0.717) is 0 Å². The zero-order valence-electron chi connectivity index (χ0n) is 7.47. The number of carboxylic acid groups (broad SMARTS) is 2. The van der Waals surface area contributed by atoms with E-state index in [9.17, 15) is 14.7 Å². The molecule has 0 aliphatic rings. The molecule has 0 saturated heterocycles. The molecule has 0 amide bonds. The van der Waals surface area contributed by atoms with Crippen LogP contribution in [0.2, 0.25) is 0 Å². The van der Waals surface area contributed by atoms with Crippen LogP contribution < -0.4 is 0 Å². The molecule has 0 fully saturated rings. The molecule has 1 aromatic rings. The van der Waals surface area contributed by atoms with Gasteiger partial charge >= 0.3 is 11.9 Å². The van der Waals surface area contributed by atoms with Gasteiger partial charge in [-0.2, -0.15) is 0 Å². The summed E-state index contributed by atoms with van der Waals surface area (Å²) < 4.78 is 0. The molecule has 1 rings (SSSR count). The summed E-state index contributed by atoms with van der Waals surface area (Å²) in [6, 6.07) is 1.78. The maximum absolute atomic E-state index is 10.7. The van der Waals surface area contributed by atoms with Crippen molar-refractivity contribution >= 4 is 11.9 Å². The number of hydrogen-bond donors (Lipinski definition) is 4. The quantitative estimate of drug-likeness (QED) is 0.577. The first kappa shape index (κ1) is 10.8. The van der Waals surface area contributed by atoms with Crippen molar-refractivity contribution in [3.8, 4) is 11.5 Å². The lowest BCUT2D eigenvalue weighted by Gasteiger charge is -2.06. The van der Waals surface area contributed by atoms with Crippen molar-refractivity contribution in [2.24, 2.45) is 0 Å². The SMILES string of the molecule is O=C(O)Cc1c(O)cc(O)cc1C(=O)O. The van der Waals surface area contributed by atoms with Crippen LogP contribution in [0.3, 0.4) is 0 Å². The van der Waals surface area contributed by atoms with Crippen LogP contribution in [-0.4, -0.2) is 32.4 Å². The van der Waals surface area contributed by atoms with E-state index in [0.717, 1.165) is 12.1 Å². The van der Waals surface area contributed by atoms with Crippen molar-refractivity contribution in [2.45, 2.75) is 6.42 Å². The van der Waals surface area contributed by atoms with Crippen LogP contribution in [-0.2, 0) is 11.2 Å². The Kier molecular flexibility index (Phi) is 2.80. The molecule has 0 saturated carbocycles. The van der Waals surface area contributed by atoms with Crippen LogP contribution in [0, 0.1) is 0 Å². The number of phenolic OH excluding ortho intramolecular Hbond substituents is 2. The second kappa shape index (κ2) is 3.87. The van der Waals surface area contributed by atoms with Gasteiger partial charge in [0.05, 0.1) is 12.0 Å². The minimum absolute atomic E-state index is 0.229. The molecule has 6 nitrogen and oxygen atoms in total. The van der Waals surface area contributed by atoms with E-state index in [1.165, 1.54) is 0 Å². The van der Waals surface area contributed by atoms with Crippen LogP contribution in [0.4, 0.5) is 0 Å². The largest absolute Gasteiger partial charge is 0.508 e. The van der Waals surface area contributed by atoms with Crippen molar-refractivity contribution in [1.82, 2.24) is 0 Å². The summed E-state index contributed by atoms with van der Waals surface area (Å²) >= 11 is 0. The highest BCUT2D eigenvalue weighted by atomic mass is 16.4. The third kappa shape index (κ3) is 2.37. The molecule has 6 heteroatoms. The van der Waals surface area contributed by atoms with Gasteiger partial charge < -0.3 is 20.4 Å². The zero-order valence-corrected chi connectivity index (χ0v) is 7.47.